The summed E-state index contributed by atoms with van der Waals surface area (Å²) < 4.78 is 11.3. The third kappa shape index (κ3) is 3.46. The minimum atomic E-state index is -0.302. The number of hydrogen-bond donors (Lipinski definition) is 1. The minimum Gasteiger partial charge on any atom is -0.390 e. The van der Waals surface area contributed by atoms with Crippen molar-refractivity contribution < 1.29 is 14.6 Å². The predicted molar refractivity (Wildman–Crippen MR) is 71.7 cm³/mol. The van der Waals surface area contributed by atoms with E-state index < -0.39 is 0 Å². The average molecular weight is 256 g/mol. The molecule has 1 heterocycles. The Balaban J connectivity index is 1.72. The van der Waals surface area contributed by atoms with E-state index in [-0.39, 0.29) is 11.7 Å². The maximum Gasteiger partial charge on any atom is 0.0936 e. The lowest BCUT2D eigenvalue weighted by Crippen LogP contribution is -2.45. The summed E-state index contributed by atoms with van der Waals surface area (Å²) in [6.45, 7) is 0.926. The third-order valence-electron chi connectivity index (χ3n) is 4.74. The SMILES string of the molecule is COC1(C(O)CCCC2CCCO2)CCCCC1. The second kappa shape index (κ2) is 6.88. The first-order chi connectivity index (χ1) is 8.77. The Bertz CT molecular complexity index is 230. The highest BCUT2D eigenvalue weighted by Gasteiger charge is 2.38. The van der Waals surface area contributed by atoms with Crippen molar-refractivity contribution in [3.8, 4) is 0 Å². The highest BCUT2D eigenvalue weighted by molar-refractivity contribution is 4.91. The molecule has 2 fully saturated rings. The monoisotopic (exact) mass is 256 g/mol. The Morgan fingerprint density at radius 3 is 2.67 bits per heavy atom. The number of rotatable bonds is 6. The number of hydrogen-bond acceptors (Lipinski definition) is 3. The molecule has 0 amide bonds. The van der Waals surface area contributed by atoms with Gasteiger partial charge in [-0.25, -0.2) is 0 Å². The van der Waals surface area contributed by atoms with Crippen molar-refractivity contribution in [1.82, 2.24) is 0 Å². The van der Waals surface area contributed by atoms with Gasteiger partial charge in [0.1, 0.15) is 0 Å². The Kier molecular flexibility index (Phi) is 5.46. The van der Waals surface area contributed by atoms with Crippen molar-refractivity contribution in [2.75, 3.05) is 13.7 Å². The average Bonchev–Trinajstić information content (AvgIpc) is 2.92. The van der Waals surface area contributed by atoms with Crippen LogP contribution >= 0.6 is 0 Å². The fraction of sp³-hybridized carbons (Fsp3) is 1.00. The van der Waals surface area contributed by atoms with Crippen molar-refractivity contribution in [2.24, 2.45) is 0 Å². The molecule has 0 aromatic rings. The van der Waals surface area contributed by atoms with Gasteiger partial charge in [-0.1, -0.05) is 19.3 Å². The van der Waals surface area contributed by atoms with Crippen molar-refractivity contribution in [2.45, 2.75) is 82.0 Å². The molecular weight excluding hydrogens is 228 g/mol. The summed E-state index contributed by atoms with van der Waals surface area (Å²) in [7, 11) is 1.76. The highest BCUT2D eigenvalue weighted by atomic mass is 16.5. The number of aliphatic hydroxyl groups excluding tert-OH is 1. The fourth-order valence-electron chi connectivity index (χ4n) is 3.50. The van der Waals surface area contributed by atoms with Gasteiger partial charge in [0.15, 0.2) is 0 Å². The second-order valence-corrected chi connectivity index (χ2v) is 5.91. The van der Waals surface area contributed by atoms with Crippen LogP contribution in [0.5, 0.6) is 0 Å². The Morgan fingerprint density at radius 1 is 1.28 bits per heavy atom. The zero-order valence-corrected chi connectivity index (χ0v) is 11.7. The van der Waals surface area contributed by atoms with Gasteiger partial charge in [0.05, 0.1) is 17.8 Å². The van der Waals surface area contributed by atoms with Gasteiger partial charge < -0.3 is 14.6 Å². The predicted octanol–water partition coefficient (Wildman–Crippen LogP) is 3.05. The molecule has 1 aliphatic carbocycles. The molecule has 1 N–H and O–H groups in total. The molecule has 2 unspecified atom stereocenters. The Labute approximate surface area is 111 Å². The van der Waals surface area contributed by atoms with Crippen LogP contribution in [-0.4, -0.2) is 36.6 Å². The largest absolute Gasteiger partial charge is 0.390 e. The lowest BCUT2D eigenvalue weighted by molar-refractivity contribution is -0.126. The molecule has 3 heteroatoms. The van der Waals surface area contributed by atoms with E-state index in [4.69, 9.17) is 9.47 Å². The number of ether oxygens (including phenoxy) is 2. The van der Waals surface area contributed by atoms with Gasteiger partial charge >= 0.3 is 0 Å². The van der Waals surface area contributed by atoms with Gasteiger partial charge in [0, 0.05) is 13.7 Å². The first-order valence-corrected chi connectivity index (χ1v) is 7.62. The highest BCUT2D eigenvalue weighted by Crippen LogP contribution is 2.36. The molecule has 1 saturated heterocycles. The summed E-state index contributed by atoms with van der Waals surface area (Å²) >= 11 is 0. The molecule has 18 heavy (non-hydrogen) atoms. The van der Waals surface area contributed by atoms with Crippen LogP contribution in [0.15, 0.2) is 0 Å². The quantitative estimate of drug-likeness (QED) is 0.794. The van der Waals surface area contributed by atoms with E-state index in [1.54, 1.807) is 7.11 Å². The van der Waals surface area contributed by atoms with Crippen LogP contribution in [0.1, 0.15) is 64.2 Å². The molecule has 0 aromatic heterocycles. The molecule has 2 aliphatic rings. The number of methoxy groups -OCH3 is 1. The molecule has 0 radical (unpaired) electrons. The molecule has 0 spiro atoms. The van der Waals surface area contributed by atoms with E-state index in [9.17, 15) is 5.11 Å². The van der Waals surface area contributed by atoms with E-state index >= 15 is 0 Å². The molecule has 0 bridgehead atoms. The van der Waals surface area contributed by atoms with Gasteiger partial charge in [0.2, 0.25) is 0 Å². The maximum atomic E-state index is 10.4. The zero-order valence-electron chi connectivity index (χ0n) is 11.7. The minimum absolute atomic E-state index is 0.255. The molecule has 2 atom stereocenters. The van der Waals surface area contributed by atoms with Crippen LogP contribution in [0.3, 0.4) is 0 Å². The fourth-order valence-corrected chi connectivity index (χ4v) is 3.50. The van der Waals surface area contributed by atoms with Crippen LogP contribution in [-0.2, 0) is 9.47 Å². The summed E-state index contributed by atoms with van der Waals surface area (Å²) in [5.41, 5.74) is -0.255. The van der Waals surface area contributed by atoms with Gasteiger partial charge in [-0.05, 0) is 44.9 Å². The maximum absolute atomic E-state index is 10.4. The van der Waals surface area contributed by atoms with E-state index in [0.717, 1.165) is 38.7 Å². The van der Waals surface area contributed by atoms with Crippen LogP contribution < -0.4 is 0 Å². The van der Waals surface area contributed by atoms with Crippen LogP contribution in [0.4, 0.5) is 0 Å². The Hall–Kier alpha value is -0.120. The van der Waals surface area contributed by atoms with Crippen molar-refractivity contribution >= 4 is 0 Å². The van der Waals surface area contributed by atoms with Gasteiger partial charge in [-0.15, -0.1) is 0 Å². The first-order valence-electron chi connectivity index (χ1n) is 7.62. The molecule has 2 rings (SSSR count). The topological polar surface area (TPSA) is 38.7 Å². The Morgan fingerprint density at radius 2 is 2.06 bits per heavy atom. The molecule has 106 valence electrons. The standard InChI is InChI=1S/C15H28O3/c1-17-15(10-3-2-4-11-15)14(16)9-5-7-13-8-6-12-18-13/h13-14,16H,2-12H2,1H3. The van der Waals surface area contributed by atoms with Crippen molar-refractivity contribution in [1.29, 1.82) is 0 Å². The summed E-state index contributed by atoms with van der Waals surface area (Å²) in [6.07, 6.45) is 11.3. The lowest BCUT2D eigenvalue weighted by Gasteiger charge is -2.40. The molecule has 1 saturated carbocycles. The van der Waals surface area contributed by atoms with Crippen LogP contribution in [0, 0.1) is 0 Å². The smallest absolute Gasteiger partial charge is 0.0936 e. The van der Waals surface area contributed by atoms with E-state index in [2.05, 4.69) is 0 Å². The van der Waals surface area contributed by atoms with Gasteiger partial charge in [0.25, 0.3) is 0 Å². The second-order valence-electron chi connectivity index (χ2n) is 5.91. The van der Waals surface area contributed by atoms with Crippen LogP contribution in [0.2, 0.25) is 0 Å². The lowest BCUT2D eigenvalue weighted by atomic mass is 9.79. The third-order valence-corrected chi connectivity index (χ3v) is 4.74. The summed E-state index contributed by atoms with van der Waals surface area (Å²) in [5, 5.41) is 10.4. The van der Waals surface area contributed by atoms with E-state index in [1.807, 2.05) is 0 Å². The summed E-state index contributed by atoms with van der Waals surface area (Å²) in [5.74, 6) is 0. The number of aliphatic hydroxyl groups is 1. The molecule has 3 nitrogen and oxygen atoms in total. The zero-order chi connectivity index (χ0) is 12.8. The molecular formula is C15H28O3. The van der Waals surface area contributed by atoms with E-state index in [0.29, 0.717) is 6.10 Å². The normalized spacial score (nSPS) is 29.3. The summed E-state index contributed by atoms with van der Waals surface area (Å²) in [6, 6.07) is 0. The first kappa shape index (κ1) is 14.3. The van der Waals surface area contributed by atoms with E-state index in [1.165, 1.54) is 32.1 Å². The van der Waals surface area contributed by atoms with Crippen molar-refractivity contribution in [3.05, 3.63) is 0 Å². The van der Waals surface area contributed by atoms with Gasteiger partial charge in [-0.3, -0.25) is 0 Å². The van der Waals surface area contributed by atoms with Crippen LogP contribution in [0.25, 0.3) is 0 Å². The van der Waals surface area contributed by atoms with Crippen molar-refractivity contribution in [3.63, 3.8) is 0 Å². The molecule has 1 aliphatic heterocycles. The van der Waals surface area contributed by atoms with Gasteiger partial charge in [-0.2, -0.15) is 0 Å². The molecule has 0 aromatic carbocycles. The summed E-state index contributed by atoms with van der Waals surface area (Å²) in [4.78, 5) is 0.